The van der Waals surface area contributed by atoms with Crippen LogP contribution in [-0.2, 0) is 27.9 Å². The number of piperidine rings is 1. The number of amides is 1. The molecule has 1 saturated heterocycles. The quantitative estimate of drug-likeness (QED) is 0.450. The van der Waals surface area contributed by atoms with Gasteiger partial charge in [-0.15, -0.1) is 0 Å². The number of sulfonamides is 1. The Hall–Kier alpha value is -3.07. The molecule has 7 nitrogen and oxygen atoms in total. The Morgan fingerprint density at radius 3 is 2.50 bits per heavy atom. The maximum atomic E-state index is 13.6. The van der Waals surface area contributed by atoms with Crippen LogP contribution < -0.4 is 14.4 Å². The van der Waals surface area contributed by atoms with Crippen molar-refractivity contribution in [2.75, 3.05) is 23.9 Å². The molecule has 1 fully saturated rings. The second-order valence-corrected chi connectivity index (χ2v) is 12.2. The number of carbonyl (C=O) groups is 1. The number of fused-ring (bicyclic) bond motifs is 1. The van der Waals surface area contributed by atoms with Crippen LogP contribution in [0.5, 0.6) is 5.75 Å². The molecule has 0 bridgehead atoms. The summed E-state index contributed by atoms with van der Waals surface area (Å²) >= 11 is 6.19. The number of nitrogens with zero attached hydrogens (tertiary/aromatic N) is 2. The molecule has 38 heavy (non-hydrogen) atoms. The summed E-state index contributed by atoms with van der Waals surface area (Å²) in [5, 5.41) is 3.31. The first-order valence-electron chi connectivity index (χ1n) is 12.9. The van der Waals surface area contributed by atoms with E-state index in [4.69, 9.17) is 16.3 Å². The van der Waals surface area contributed by atoms with Crippen LogP contribution in [0.15, 0.2) is 71.6 Å². The number of benzene rings is 3. The number of carbonyl (C=O) groups excluding carboxylic acids is 1. The molecule has 0 unspecified atom stereocenters. The topological polar surface area (TPSA) is 79.0 Å². The van der Waals surface area contributed by atoms with E-state index in [1.165, 1.54) is 29.1 Å². The molecule has 0 spiro atoms. The van der Waals surface area contributed by atoms with Gasteiger partial charge in [-0.25, -0.2) is 8.42 Å². The number of hydrogen-bond acceptors (Lipinski definition) is 5. The first kappa shape index (κ1) is 26.5. The number of anilines is 1. The van der Waals surface area contributed by atoms with E-state index in [1.807, 2.05) is 19.1 Å². The molecule has 2 heterocycles. The van der Waals surface area contributed by atoms with Crippen molar-refractivity contribution in [3.8, 4) is 5.75 Å². The Morgan fingerprint density at radius 1 is 1.00 bits per heavy atom. The first-order chi connectivity index (χ1) is 18.3. The Labute approximate surface area is 229 Å². The van der Waals surface area contributed by atoms with E-state index < -0.39 is 16.1 Å². The van der Waals surface area contributed by atoms with Gasteiger partial charge in [0.25, 0.3) is 15.9 Å². The molecule has 200 valence electrons. The van der Waals surface area contributed by atoms with Gasteiger partial charge >= 0.3 is 0 Å². The van der Waals surface area contributed by atoms with Gasteiger partial charge in [0.15, 0.2) is 6.10 Å². The SMILES string of the molecule is Cc1ccc(S(=O)(=O)N2C[C@@H](C(=O)NCc3cccc(CN4CCCCC4)c3)Oc3ccc(Cl)cc32)cc1. The van der Waals surface area contributed by atoms with Crippen molar-refractivity contribution in [3.05, 3.63) is 88.4 Å². The molecule has 9 heteroatoms. The van der Waals surface area contributed by atoms with Crippen molar-refractivity contribution in [1.29, 1.82) is 0 Å². The third-order valence-electron chi connectivity index (χ3n) is 7.00. The first-order valence-corrected chi connectivity index (χ1v) is 14.7. The molecule has 0 aliphatic carbocycles. The number of hydrogen-bond donors (Lipinski definition) is 1. The van der Waals surface area contributed by atoms with Gasteiger partial charge in [0.2, 0.25) is 0 Å². The highest BCUT2D eigenvalue weighted by Crippen LogP contribution is 2.39. The zero-order valence-electron chi connectivity index (χ0n) is 21.4. The van der Waals surface area contributed by atoms with E-state index in [0.29, 0.717) is 23.0 Å². The van der Waals surface area contributed by atoms with Crippen molar-refractivity contribution in [1.82, 2.24) is 10.2 Å². The lowest BCUT2D eigenvalue weighted by Gasteiger charge is -2.35. The highest BCUT2D eigenvalue weighted by Gasteiger charge is 2.37. The third-order valence-corrected chi connectivity index (χ3v) is 9.03. The van der Waals surface area contributed by atoms with Gasteiger partial charge in [0.05, 0.1) is 17.1 Å². The Kier molecular flexibility index (Phi) is 7.93. The molecule has 0 aromatic heterocycles. The van der Waals surface area contributed by atoms with Crippen LogP contribution in [0.4, 0.5) is 5.69 Å². The van der Waals surface area contributed by atoms with E-state index in [9.17, 15) is 13.2 Å². The molecule has 3 aromatic carbocycles. The van der Waals surface area contributed by atoms with E-state index >= 15 is 0 Å². The highest BCUT2D eigenvalue weighted by molar-refractivity contribution is 7.92. The van der Waals surface area contributed by atoms with Crippen molar-refractivity contribution in [2.45, 2.75) is 50.3 Å². The molecular formula is C29H32ClN3O4S. The van der Waals surface area contributed by atoms with Crippen molar-refractivity contribution < 1.29 is 17.9 Å². The van der Waals surface area contributed by atoms with Gasteiger partial charge in [0, 0.05) is 18.1 Å². The summed E-state index contributed by atoms with van der Waals surface area (Å²) in [4.78, 5) is 15.8. The van der Waals surface area contributed by atoms with Gasteiger partial charge in [-0.1, -0.05) is 60.0 Å². The fourth-order valence-corrected chi connectivity index (χ4v) is 6.58. The van der Waals surface area contributed by atoms with Gasteiger partial charge in [-0.2, -0.15) is 0 Å². The number of nitrogens with one attached hydrogen (secondary N) is 1. The van der Waals surface area contributed by atoms with Gasteiger partial charge < -0.3 is 10.1 Å². The molecule has 0 radical (unpaired) electrons. The molecule has 1 atom stereocenters. The standard InChI is InChI=1S/C29H32ClN3O4S/c1-21-8-11-25(12-9-21)38(35,36)33-20-28(37-27-13-10-24(30)17-26(27)33)29(34)31-18-22-6-5-7-23(16-22)19-32-14-3-2-4-15-32/h5-13,16-17,28H,2-4,14-15,18-20H2,1H3,(H,31,34)/t28-/m0/s1. The summed E-state index contributed by atoms with van der Waals surface area (Å²) in [6.07, 6.45) is 2.76. The number of rotatable bonds is 7. The fourth-order valence-electron chi connectivity index (χ4n) is 4.94. The second kappa shape index (κ2) is 11.4. The summed E-state index contributed by atoms with van der Waals surface area (Å²) in [5.74, 6) is -0.0869. The van der Waals surface area contributed by atoms with Gasteiger partial charge in [-0.05, 0) is 74.3 Å². The van der Waals surface area contributed by atoms with Gasteiger partial charge in [0.1, 0.15) is 5.75 Å². The maximum absolute atomic E-state index is 13.6. The lowest BCUT2D eigenvalue weighted by Crippen LogP contribution is -2.50. The number of aryl methyl sites for hydroxylation is 1. The van der Waals surface area contributed by atoms with E-state index in [2.05, 4.69) is 22.3 Å². The number of ether oxygens (including phenoxy) is 1. The Morgan fingerprint density at radius 2 is 1.74 bits per heavy atom. The summed E-state index contributed by atoms with van der Waals surface area (Å²) in [6.45, 7) is 5.20. The summed E-state index contributed by atoms with van der Waals surface area (Å²) < 4.78 is 34.4. The van der Waals surface area contributed by atoms with Crippen LogP contribution in [-0.4, -0.2) is 45.0 Å². The number of likely N-dealkylation sites (tertiary alicyclic amines) is 1. The normalized spacial score (nSPS) is 17.9. The molecule has 1 N–H and O–H groups in total. The molecule has 0 saturated carbocycles. The van der Waals surface area contributed by atoms with E-state index in [0.717, 1.165) is 30.8 Å². The summed E-state index contributed by atoms with van der Waals surface area (Å²) in [5.41, 5.74) is 3.47. The molecular weight excluding hydrogens is 522 g/mol. The monoisotopic (exact) mass is 553 g/mol. The van der Waals surface area contributed by atoms with Crippen LogP contribution >= 0.6 is 11.6 Å². The average molecular weight is 554 g/mol. The minimum absolute atomic E-state index is 0.139. The fraction of sp³-hybridized carbons (Fsp3) is 0.345. The minimum atomic E-state index is -3.95. The largest absolute Gasteiger partial charge is 0.476 e. The zero-order valence-corrected chi connectivity index (χ0v) is 23.0. The van der Waals surface area contributed by atoms with Crippen molar-refractivity contribution >= 4 is 33.2 Å². The number of halogens is 1. The minimum Gasteiger partial charge on any atom is -0.476 e. The molecule has 2 aliphatic rings. The van der Waals surface area contributed by atoms with Crippen molar-refractivity contribution in [3.63, 3.8) is 0 Å². The van der Waals surface area contributed by atoms with Crippen LogP contribution in [0, 0.1) is 6.92 Å². The Balaban J connectivity index is 1.31. The van der Waals surface area contributed by atoms with E-state index in [1.54, 1.807) is 42.5 Å². The zero-order chi connectivity index (χ0) is 26.7. The molecule has 5 rings (SSSR count). The summed E-state index contributed by atoms with van der Waals surface area (Å²) in [6, 6.07) is 19.6. The third kappa shape index (κ3) is 5.98. The lowest BCUT2D eigenvalue weighted by atomic mass is 10.1. The van der Waals surface area contributed by atoms with Crippen LogP contribution in [0.3, 0.4) is 0 Å². The van der Waals surface area contributed by atoms with Crippen LogP contribution in [0.1, 0.15) is 36.0 Å². The predicted molar refractivity (Wildman–Crippen MR) is 149 cm³/mol. The highest BCUT2D eigenvalue weighted by atomic mass is 35.5. The molecule has 2 aliphatic heterocycles. The van der Waals surface area contributed by atoms with Gasteiger partial charge in [-0.3, -0.25) is 14.0 Å². The summed E-state index contributed by atoms with van der Waals surface area (Å²) in [7, 11) is -3.95. The van der Waals surface area contributed by atoms with Crippen LogP contribution in [0.2, 0.25) is 5.02 Å². The smallest absolute Gasteiger partial charge is 0.264 e. The molecule has 1 amide bonds. The van der Waals surface area contributed by atoms with E-state index in [-0.39, 0.29) is 17.3 Å². The Bertz CT molecular complexity index is 1410. The second-order valence-electron chi connectivity index (χ2n) is 9.94. The maximum Gasteiger partial charge on any atom is 0.264 e. The lowest BCUT2D eigenvalue weighted by molar-refractivity contribution is -0.127. The van der Waals surface area contributed by atoms with Crippen molar-refractivity contribution in [2.24, 2.45) is 0 Å². The molecule has 3 aromatic rings. The average Bonchev–Trinajstić information content (AvgIpc) is 2.92. The predicted octanol–water partition coefficient (Wildman–Crippen LogP) is 4.91. The van der Waals surface area contributed by atoms with Crippen LogP contribution in [0.25, 0.3) is 0 Å².